The Morgan fingerprint density at radius 1 is 1.31 bits per heavy atom. The van der Waals surface area contributed by atoms with E-state index in [1.165, 1.54) is 24.8 Å². The van der Waals surface area contributed by atoms with Gasteiger partial charge in [0, 0.05) is 32.5 Å². The van der Waals surface area contributed by atoms with Crippen molar-refractivity contribution in [1.29, 1.82) is 0 Å². The van der Waals surface area contributed by atoms with Crippen molar-refractivity contribution in [2.24, 2.45) is 18.9 Å². The second-order valence-electron chi connectivity index (χ2n) is 7.73. The van der Waals surface area contributed by atoms with E-state index in [0.717, 1.165) is 12.4 Å². The van der Waals surface area contributed by atoms with Crippen molar-refractivity contribution in [3.05, 3.63) is 54.1 Å². The largest absolute Gasteiger partial charge is 0.336 e. The van der Waals surface area contributed by atoms with Gasteiger partial charge < -0.3 is 14.8 Å². The second kappa shape index (κ2) is 8.39. The molecule has 2 aromatic rings. The number of aryl methyl sites for hydroxylation is 1. The Balaban J connectivity index is 1.73. The van der Waals surface area contributed by atoms with Gasteiger partial charge in [0.25, 0.3) is 0 Å². The van der Waals surface area contributed by atoms with E-state index in [9.17, 15) is 4.79 Å². The average molecular weight is 354 g/mol. The fourth-order valence-electron chi connectivity index (χ4n) is 3.44. The molecule has 1 fully saturated rings. The number of hydrogen-bond donors (Lipinski definition) is 1. The molecule has 0 radical (unpaired) electrons. The molecule has 0 saturated heterocycles. The molecule has 0 aliphatic heterocycles. The van der Waals surface area contributed by atoms with Crippen LogP contribution < -0.4 is 5.32 Å². The third-order valence-corrected chi connectivity index (χ3v) is 5.29. The molecule has 2 amide bonds. The lowest BCUT2D eigenvalue weighted by Crippen LogP contribution is -2.45. The van der Waals surface area contributed by atoms with Crippen molar-refractivity contribution in [1.82, 2.24) is 19.8 Å². The predicted octanol–water partition coefficient (Wildman–Crippen LogP) is 4.13. The Morgan fingerprint density at radius 2 is 2.04 bits per heavy atom. The Morgan fingerprint density at radius 3 is 2.58 bits per heavy atom. The smallest absolute Gasteiger partial charge is 0.318 e. The van der Waals surface area contributed by atoms with Crippen molar-refractivity contribution in [2.45, 2.75) is 45.7 Å². The fraction of sp³-hybridized carbons (Fsp3) is 0.524. The van der Waals surface area contributed by atoms with Crippen LogP contribution >= 0.6 is 0 Å². The molecule has 5 heteroatoms. The van der Waals surface area contributed by atoms with Crippen molar-refractivity contribution < 1.29 is 4.79 Å². The van der Waals surface area contributed by atoms with Gasteiger partial charge in [0.05, 0.1) is 6.04 Å². The van der Waals surface area contributed by atoms with Crippen molar-refractivity contribution in [3.8, 4) is 0 Å². The van der Waals surface area contributed by atoms with Crippen molar-refractivity contribution in [2.75, 3.05) is 6.54 Å². The van der Waals surface area contributed by atoms with Gasteiger partial charge in [-0.1, -0.05) is 50.6 Å². The summed E-state index contributed by atoms with van der Waals surface area (Å²) >= 11 is 0. The maximum atomic E-state index is 13.1. The van der Waals surface area contributed by atoms with Gasteiger partial charge in [-0.25, -0.2) is 9.78 Å². The molecule has 26 heavy (non-hydrogen) atoms. The van der Waals surface area contributed by atoms with E-state index in [1.54, 1.807) is 6.20 Å². The number of amides is 2. The number of carbonyl (C=O) groups is 1. The zero-order chi connectivity index (χ0) is 18.5. The summed E-state index contributed by atoms with van der Waals surface area (Å²) in [5, 5.41) is 3.24. The Labute approximate surface area is 156 Å². The minimum absolute atomic E-state index is 0.00227. The van der Waals surface area contributed by atoms with Gasteiger partial charge in [0.2, 0.25) is 0 Å². The van der Waals surface area contributed by atoms with E-state index in [-0.39, 0.29) is 18.0 Å². The molecule has 1 aliphatic carbocycles. The van der Waals surface area contributed by atoms with Gasteiger partial charge in [0.1, 0.15) is 5.82 Å². The SMILES string of the molecule is CC(C)[C@@H](NC(=O)N(Cc1ccccc1)CC1CCC1)c1nccn1C. The van der Waals surface area contributed by atoms with Crippen LogP contribution in [-0.4, -0.2) is 27.0 Å². The van der Waals surface area contributed by atoms with Crippen LogP contribution in [-0.2, 0) is 13.6 Å². The molecule has 1 aromatic carbocycles. The number of nitrogens with zero attached hydrogens (tertiary/aromatic N) is 3. The summed E-state index contributed by atoms with van der Waals surface area (Å²) in [6, 6.07) is 10.1. The van der Waals surface area contributed by atoms with Gasteiger partial charge in [-0.05, 0) is 30.2 Å². The van der Waals surface area contributed by atoms with Crippen LogP contribution in [0.15, 0.2) is 42.7 Å². The quantitative estimate of drug-likeness (QED) is 0.813. The molecule has 0 spiro atoms. The Bertz CT molecular complexity index is 706. The summed E-state index contributed by atoms with van der Waals surface area (Å²) in [7, 11) is 1.97. The molecule has 1 aliphatic rings. The topological polar surface area (TPSA) is 50.2 Å². The lowest BCUT2D eigenvalue weighted by atomic mass is 9.85. The lowest BCUT2D eigenvalue weighted by Gasteiger charge is -2.34. The number of imidazole rings is 1. The molecule has 1 atom stereocenters. The third kappa shape index (κ3) is 4.45. The average Bonchev–Trinajstić information content (AvgIpc) is 3.00. The minimum atomic E-state index is -0.0952. The number of benzene rings is 1. The van der Waals surface area contributed by atoms with E-state index >= 15 is 0 Å². The minimum Gasteiger partial charge on any atom is -0.336 e. The van der Waals surface area contributed by atoms with Crippen LogP contribution in [0.25, 0.3) is 0 Å². The van der Waals surface area contributed by atoms with Gasteiger partial charge >= 0.3 is 6.03 Å². The molecule has 1 saturated carbocycles. The number of hydrogen-bond acceptors (Lipinski definition) is 2. The standard InChI is InChI=1S/C21H30N4O/c1-16(2)19(20-22-12-13-24(20)3)23-21(26)25(15-18-10-7-11-18)14-17-8-5-4-6-9-17/h4-6,8-9,12-13,16,18-19H,7,10-11,14-15H2,1-3H3,(H,23,26)/t19-/m1/s1. The molecule has 3 rings (SSSR count). The van der Waals surface area contributed by atoms with Crippen LogP contribution in [0.1, 0.15) is 50.5 Å². The first-order chi connectivity index (χ1) is 12.5. The molecule has 1 N–H and O–H groups in total. The Hall–Kier alpha value is -2.30. The van der Waals surface area contributed by atoms with Crippen LogP contribution in [0.3, 0.4) is 0 Å². The predicted molar refractivity (Wildman–Crippen MR) is 104 cm³/mol. The van der Waals surface area contributed by atoms with Crippen LogP contribution in [0.5, 0.6) is 0 Å². The van der Waals surface area contributed by atoms with Crippen LogP contribution in [0, 0.1) is 11.8 Å². The summed E-state index contributed by atoms with van der Waals surface area (Å²) < 4.78 is 1.98. The first-order valence-electron chi connectivity index (χ1n) is 9.61. The highest BCUT2D eigenvalue weighted by molar-refractivity contribution is 5.74. The number of aromatic nitrogens is 2. The van der Waals surface area contributed by atoms with Crippen molar-refractivity contribution in [3.63, 3.8) is 0 Å². The molecule has 1 heterocycles. The molecule has 1 aromatic heterocycles. The molecule has 5 nitrogen and oxygen atoms in total. The molecule has 140 valence electrons. The fourth-order valence-corrected chi connectivity index (χ4v) is 3.44. The van der Waals surface area contributed by atoms with Gasteiger partial charge in [-0.3, -0.25) is 0 Å². The summed E-state index contributed by atoms with van der Waals surface area (Å²) in [5.74, 6) is 1.80. The van der Waals surface area contributed by atoms with Crippen molar-refractivity contribution >= 4 is 6.03 Å². The maximum absolute atomic E-state index is 13.1. The maximum Gasteiger partial charge on any atom is 0.318 e. The normalized spacial score (nSPS) is 15.5. The number of rotatable bonds is 7. The van der Waals surface area contributed by atoms with Gasteiger partial charge in [-0.15, -0.1) is 0 Å². The van der Waals surface area contributed by atoms with E-state index in [1.807, 2.05) is 40.9 Å². The molecule has 0 unspecified atom stereocenters. The zero-order valence-electron chi connectivity index (χ0n) is 16.1. The highest BCUT2D eigenvalue weighted by Gasteiger charge is 2.27. The van der Waals surface area contributed by atoms with E-state index in [0.29, 0.717) is 12.5 Å². The Kier molecular flexibility index (Phi) is 5.96. The monoisotopic (exact) mass is 354 g/mol. The molecule has 0 bridgehead atoms. The van der Waals surface area contributed by atoms with Crippen LogP contribution in [0.4, 0.5) is 4.79 Å². The van der Waals surface area contributed by atoms with E-state index in [4.69, 9.17) is 0 Å². The summed E-state index contributed by atoms with van der Waals surface area (Å²) in [6.07, 6.45) is 7.45. The lowest BCUT2D eigenvalue weighted by molar-refractivity contribution is 0.158. The molecular weight excluding hydrogens is 324 g/mol. The van der Waals surface area contributed by atoms with Crippen LogP contribution in [0.2, 0.25) is 0 Å². The summed E-state index contributed by atoms with van der Waals surface area (Å²) in [4.78, 5) is 19.5. The zero-order valence-corrected chi connectivity index (χ0v) is 16.1. The molecular formula is C21H30N4O. The number of nitrogens with one attached hydrogen (secondary N) is 1. The highest BCUT2D eigenvalue weighted by atomic mass is 16.2. The summed E-state index contributed by atoms with van der Waals surface area (Å²) in [6.45, 7) is 5.71. The first kappa shape index (κ1) is 18.5. The highest BCUT2D eigenvalue weighted by Crippen LogP contribution is 2.28. The van der Waals surface area contributed by atoms with E-state index in [2.05, 4.69) is 36.3 Å². The number of carbonyl (C=O) groups excluding carboxylic acids is 1. The first-order valence-corrected chi connectivity index (χ1v) is 9.61. The second-order valence-corrected chi connectivity index (χ2v) is 7.73. The summed E-state index contributed by atoms with van der Waals surface area (Å²) in [5.41, 5.74) is 1.17. The number of urea groups is 1. The van der Waals surface area contributed by atoms with E-state index < -0.39 is 0 Å². The third-order valence-electron chi connectivity index (χ3n) is 5.29. The van der Waals surface area contributed by atoms with Gasteiger partial charge in [0.15, 0.2) is 0 Å². The van der Waals surface area contributed by atoms with Gasteiger partial charge in [-0.2, -0.15) is 0 Å².